The van der Waals surface area contributed by atoms with E-state index >= 15 is 0 Å². The van der Waals surface area contributed by atoms with Crippen LogP contribution < -0.4 is 10.5 Å². The van der Waals surface area contributed by atoms with Crippen LogP contribution in [0.2, 0.25) is 5.02 Å². The van der Waals surface area contributed by atoms with Gasteiger partial charge in [-0.15, -0.1) is 0 Å². The number of halogens is 2. The molecule has 2 aromatic rings. The second-order valence-electron chi connectivity index (χ2n) is 3.52. The van der Waals surface area contributed by atoms with Gasteiger partial charge in [0.2, 0.25) is 0 Å². The van der Waals surface area contributed by atoms with E-state index in [0.29, 0.717) is 17.3 Å². The molecule has 0 aliphatic carbocycles. The Morgan fingerprint density at radius 1 is 1.12 bits per heavy atom. The first kappa shape index (κ1) is 12.4. The molecule has 4 heteroatoms. The molecule has 0 bridgehead atoms. The second-order valence-corrected chi connectivity index (χ2v) is 4.85. The Kier molecular flexibility index (Phi) is 4.05. The van der Waals surface area contributed by atoms with Gasteiger partial charge in [0.15, 0.2) is 0 Å². The van der Waals surface area contributed by atoms with Crippen molar-refractivity contribution in [3.8, 4) is 11.5 Å². The normalized spacial score (nSPS) is 10.3. The van der Waals surface area contributed by atoms with Gasteiger partial charge in [-0.05, 0) is 42.0 Å². The average Bonchev–Trinajstić information content (AvgIpc) is 2.34. The highest BCUT2D eigenvalue weighted by Gasteiger charge is 2.04. The molecule has 0 saturated heterocycles. The Hall–Kier alpha value is -1.03. The number of ether oxygens (including phenoxy) is 1. The first-order valence-corrected chi connectivity index (χ1v) is 6.28. The summed E-state index contributed by atoms with van der Waals surface area (Å²) in [5.74, 6) is 1.38. The lowest BCUT2D eigenvalue weighted by molar-refractivity contribution is 0.482. The second kappa shape index (κ2) is 5.54. The van der Waals surface area contributed by atoms with Gasteiger partial charge in [0.05, 0.1) is 5.02 Å². The zero-order valence-corrected chi connectivity index (χ0v) is 11.3. The quantitative estimate of drug-likeness (QED) is 0.914. The standard InChI is InChI=1S/C13H11BrClNO/c14-10-2-4-11(5-3-10)17-13-6-1-9(8-16)7-12(13)15/h1-7H,8,16H2. The Morgan fingerprint density at radius 3 is 2.41 bits per heavy atom. The fourth-order valence-corrected chi connectivity index (χ4v) is 1.89. The first-order valence-electron chi connectivity index (χ1n) is 5.11. The van der Waals surface area contributed by atoms with E-state index in [-0.39, 0.29) is 0 Å². The van der Waals surface area contributed by atoms with Gasteiger partial charge in [0, 0.05) is 11.0 Å². The zero-order valence-electron chi connectivity index (χ0n) is 8.99. The van der Waals surface area contributed by atoms with Gasteiger partial charge in [0.1, 0.15) is 11.5 Å². The molecule has 0 unspecified atom stereocenters. The minimum atomic E-state index is 0.471. The largest absolute Gasteiger partial charge is 0.456 e. The van der Waals surface area contributed by atoms with Crippen molar-refractivity contribution in [3.63, 3.8) is 0 Å². The van der Waals surface area contributed by atoms with Crippen LogP contribution in [-0.4, -0.2) is 0 Å². The summed E-state index contributed by atoms with van der Waals surface area (Å²) in [7, 11) is 0. The molecule has 2 rings (SSSR count). The van der Waals surface area contributed by atoms with Crippen molar-refractivity contribution >= 4 is 27.5 Å². The van der Waals surface area contributed by atoms with Crippen molar-refractivity contribution in [2.75, 3.05) is 0 Å². The Labute approximate surface area is 113 Å². The van der Waals surface area contributed by atoms with Gasteiger partial charge in [-0.3, -0.25) is 0 Å². The first-order chi connectivity index (χ1) is 8.19. The summed E-state index contributed by atoms with van der Waals surface area (Å²) >= 11 is 9.47. The van der Waals surface area contributed by atoms with Crippen molar-refractivity contribution in [2.45, 2.75) is 6.54 Å². The van der Waals surface area contributed by atoms with Crippen LogP contribution in [0.4, 0.5) is 0 Å². The van der Waals surface area contributed by atoms with Crippen LogP contribution in [0.15, 0.2) is 46.9 Å². The van der Waals surface area contributed by atoms with Crippen molar-refractivity contribution in [2.24, 2.45) is 5.73 Å². The Morgan fingerprint density at radius 2 is 1.82 bits per heavy atom. The maximum atomic E-state index is 6.10. The molecule has 0 saturated carbocycles. The summed E-state index contributed by atoms with van der Waals surface area (Å²) in [6, 6.07) is 13.1. The van der Waals surface area contributed by atoms with Crippen LogP contribution in [0.3, 0.4) is 0 Å². The van der Waals surface area contributed by atoms with Crippen LogP contribution in [-0.2, 0) is 6.54 Å². The molecule has 0 aromatic heterocycles. The van der Waals surface area contributed by atoms with Crippen molar-refractivity contribution in [1.82, 2.24) is 0 Å². The number of hydrogen-bond acceptors (Lipinski definition) is 2. The van der Waals surface area contributed by atoms with E-state index in [0.717, 1.165) is 15.8 Å². The van der Waals surface area contributed by atoms with Crippen molar-refractivity contribution in [1.29, 1.82) is 0 Å². The maximum absolute atomic E-state index is 6.10. The lowest BCUT2D eigenvalue weighted by Crippen LogP contribution is -1.96. The van der Waals surface area contributed by atoms with Gasteiger partial charge in [-0.25, -0.2) is 0 Å². The van der Waals surface area contributed by atoms with Gasteiger partial charge < -0.3 is 10.5 Å². The van der Waals surface area contributed by atoms with E-state index in [1.54, 1.807) is 0 Å². The van der Waals surface area contributed by atoms with Crippen LogP contribution in [0.25, 0.3) is 0 Å². The third-order valence-electron chi connectivity index (χ3n) is 2.27. The third-order valence-corrected chi connectivity index (χ3v) is 3.10. The fraction of sp³-hybridized carbons (Fsp3) is 0.0769. The highest BCUT2D eigenvalue weighted by atomic mass is 79.9. The molecule has 17 heavy (non-hydrogen) atoms. The third kappa shape index (κ3) is 3.22. The predicted molar refractivity (Wildman–Crippen MR) is 73.6 cm³/mol. The van der Waals surface area contributed by atoms with E-state index in [2.05, 4.69) is 15.9 Å². The Bertz CT molecular complexity index is 513. The molecule has 0 aliphatic rings. The molecule has 0 aliphatic heterocycles. The number of nitrogens with two attached hydrogens (primary N) is 1. The number of benzene rings is 2. The SMILES string of the molecule is NCc1ccc(Oc2ccc(Br)cc2)c(Cl)c1. The molecule has 2 aromatic carbocycles. The predicted octanol–water partition coefficient (Wildman–Crippen LogP) is 4.35. The monoisotopic (exact) mass is 311 g/mol. The van der Waals surface area contributed by atoms with Gasteiger partial charge in [0.25, 0.3) is 0 Å². The molecule has 0 radical (unpaired) electrons. The van der Waals surface area contributed by atoms with E-state index in [4.69, 9.17) is 22.1 Å². The van der Waals surface area contributed by atoms with Gasteiger partial charge >= 0.3 is 0 Å². The number of hydrogen-bond donors (Lipinski definition) is 1. The zero-order chi connectivity index (χ0) is 12.3. The van der Waals surface area contributed by atoms with E-state index < -0.39 is 0 Å². The maximum Gasteiger partial charge on any atom is 0.146 e. The average molecular weight is 313 g/mol. The Balaban J connectivity index is 2.21. The molecule has 0 heterocycles. The van der Waals surface area contributed by atoms with Gasteiger partial charge in [-0.2, -0.15) is 0 Å². The summed E-state index contributed by atoms with van der Waals surface area (Å²) in [4.78, 5) is 0. The number of rotatable bonds is 3. The smallest absolute Gasteiger partial charge is 0.146 e. The van der Waals surface area contributed by atoms with E-state index in [9.17, 15) is 0 Å². The summed E-state index contributed by atoms with van der Waals surface area (Å²) in [5.41, 5.74) is 6.52. The molecular formula is C13H11BrClNO. The minimum absolute atomic E-state index is 0.471. The molecule has 2 nitrogen and oxygen atoms in total. The van der Waals surface area contributed by atoms with Crippen LogP contribution >= 0.6 is 27.5 Å². The fourth-order valence-electron chi connectivity index (χ4n) is 1.38. The van der Waals surface area contributed by atoms with Crippen molar-refractivity contribution < 1.29 is 4.74 Å². The molecule has 2 N–H and O–H groups in total. The van der Waals surface area contributed by atoms with Crippen LogP contribution in [0.5, 0.6) is 11.5 Å². The molecule has 0 amide bonds. The minimum Gasteiger partial charge on any atom is -0.456 e. The molecule has 0 spiro atoms. The summed E-state index contributed by atoms with van der Waals surface area (Å²) in [5, 5.41) is 0.566. The topological polar surface area (TPSA) is 35.2 Å². The summed E-state index contributed by atoms with van der Waals surface area (Å²) in [6.45, 7) is 0.471. The summed E-state index contributed by atoms with van der Waals surface area (Å²) < 4.78 is 6.68. The molecular weight excluding hydrogens is 302 g/mol. The lowest BCUT2D eigenvalue weighted by Gasteiger charge is -2.08. The molecule has 0 atom stereocenters. The van der Waals surface area contributed by atoms with Crippen LogP contribution in [0.1, 0.15) is 5.56 Å². The highest BCUT2D eigenvalue weighted by Crippen LogP contribution is 2.30. The van der Waals surface area contributed by atoms with Crippen LogP contribution in [0, 0.1) is 0 Å². The lowest BCUT2D eigenvalue weighted by atomic mass is 10.2. The van der Waals surface area contributed by atoms with E-state index in [1.165, 1.54) is 0 Å². The molecule has 0 fully saturated rings. The van der Waals surface area contributed by atoms with E-state index in [1.807, 2.05) is 42.5 Å². The summed E-state index contributed by atoms with van der Waals surface area (Å²) in [6.07, 6.45) is 0. The van der Waals surface area contributed by atoms with Gasteiger partial charge in [-0.1, -0.05) is 33.6 Å². The van der Waals surface area contributed by atoms with Crippen molar-refractivity contribution in [3.05, 3.63) is 57.5 Å². The molecule has 88 valence electrons. The highest BCUT2D eigenvalue weighted by molar-refractivity contribution is 9.10.